The second-order valence-electron chi connectivity index (χ2n) is 16.6. The first-order valence-electron chi connectivity index (χ1n) is 21.1. The zero-order chi connectivity index (χ0) is 43.7. The third-order valence-corrected chi connectivity index (χ3v) is 14.4. The van der Waals surface area contributed by atoms with Crippen molar-refractivity contribution in [3.63, 3.8) is 0 Å². The lowest BCUT2D eigenvalue weighted by molar-refractivity contribution is -0.384. The number of nitrogens with zero attached hydrogens (tertiary/aromatic N) is 4. The number of hydrogen-bond donors (Lipinski definition) is 3. The number of hydrogen-bond acceptors (Lipinski definition) is 12. The minimum Gasteiger partial charge on any atom is -0.455 e. The minimum absolute atomic E-state index is 0.0200. The number of piperazine rings is 1. The third kappa shape index (κ3) is 9.24. The number of sulfonamides is 1. The van der Waals surface area contributed by atoms with E-state index in [1.54, 1.807) is 24.4 Å². The van der Waals surface area contributed by atoms with Crippen molar-refractivity contribution < 1.29 is 36.7 Å². The second kappa shape index (κ2) is 17.9. The van der Waals surface area contributed by atoms with Crippen molar-refractivity contribution in [1.82, 2.24) is 19.6 Å². The topological polar surface area (TPSA) is 181 Å². The molecule has 2 aliphatic heterocycles. The molecule has 9 rings (SSSR count). The van der Waals surface area contributed by atoms with E-state index < -0.39 is 49.0 Å². The molecule has 4 heterocycles. The average Bonchev–Trinajstić information content (AvgIpc) is 3.76. The maximum Gasteiger partial charge on any atom is 0.296 e. The molecule has 2 aromatic heterocycles. The smallest absolute Gasteiger partial charge is 0.296 e. The summed E-state index contributed by atoms with van der Waals surface area (Å²) in [5.41, 5.74) is 2.92. The van der Waals surface area contributed by atoms with Crippen molar-refractivity contribution in [2.75, 3.05) is 69.3 Å². The summed E-state index contributed by atoms with van der Waals surface area (Å²) < 4.78 is 61.8. The number of nitrogens with one attached hydrogen (secondary N) is 3. The van der Waals surface area contributed by atoms with E-state index in [-0.39, 0.29) is 24.5 Å². The number of rotatable bonds is 13. The molecule has 3 fully saturated rings. The number of benzene rings is 3. The average molecular weight is 900 g/mol. The first-order chi connectivity index (χ1) is 30.4. The second-order valence-corrected chi connectivity index (χ2v) is 18.8. The number of H-pyrrole nitrogens is 1. The monoisotopic (exact) mass is 899 g/mol. The fourth-order valence-corrected chi connectivity index (χ4v) is 10.4. The molecule has 3 atom stereocenters. The number of carbonyl (C=O) groups is 1. The van der Waals surface area contributed by atoms with Crippen LogP contribution in [0.4, 0.5) is 21.5 Å². The number of ether oxygens (including phenoxy) is 3. The number of anilines is 2. The van der Waals surface area contributed by atoms with E-state index in [0.29, 0.717) is 48.1 Å². The fourth-order valence-electron chi connectivity index (χ4n) is 9.29. The van der Waals surface area contributed by atoms with Crippen LogP contribution < -0.4 is 19.7 Å². The van der Waals surface area contributed by atoms with Crippen LogP contribution in [0.5, 0.6) is 11.5 Å². The van der Waals surface area contributed by atoms with E-state index >= 15 is 4.39 Å². The van der Waals surface area contributed by atoms with Gasteiger partial charge in [0.1, 0.15) is 22.8 Å². The molecule has 5 aromatic rings. The Morgan fingerprint density at radius 2 is 1.89 bits per heavy atom. The molecule has 63 heavy (non-hydrogen) atoms. The van der Waals surface area contributed by atoms with Crippen molar-refractivity contribution in [3.05, 3.63) is 117 Å². The van der Waals surface area contributed by atoms with Crippen molar-refractivity contribution in [2.24, 2.45) is 11.3 Å². The van der Waals surface area contributed by atoms with E-state index in [9.17, 15) is 23.3 Å². The first kappa shape index (κ1) is 42.7. The number of aromatic nitrogens is 2. The number of pyridine rings is 1. The van der Waals surface area contributed by atoms with Gasteiger partial charge in [-0.15, -0.1) is 0 Å². The summed E-state index contributed by atoms with van der Waals surface area (Å²) in [5, 5.41) is 16.2. The van der Waals surface area contributed by atoms with E-state index in [1.165, 1.54) is 42.7 Å². The predicted octanol–water partition coefficient (Wildman–Crippen LogP) is 7.79. The molecule has 3 N–H and O–H groups in total. The van der Waals surface area contributed by atoms with Gasteiger partial charge in [-0.3, -0.25) is 19.8 Å². The molecular weight excluding hydrogens is 853 g/mol. The summed E-state index contributed by atoms with van der Waals surface area (Å²) >= 11 is 6.18. The Morgan fingerprint density at radius 1 is 1.06 bits per heavy atom. The van der Waals surface area contributed by atoms with E-state index in [1.807, 2.05) is 22.9 Å². The Labute approximate surface area is 368 Å². The van der Waals surface area contributed by atoms with Gasteiger partial charge in [-0.05, 0) is 97.0 Å². The number of fused-ring (bicyclic) bond motifs is 1. The standard InChI is InChI=1S/C45H47ClFN7O8S/c46-33-5-3-29(4-6-33)31-2-1-11-45(24-31)12-9-32(45)27-52-14-16-53(17-15-52)34-7-8-38(41(21-34)62-35-20-30-10-13-48-43(30)50-25-35)44(55)51-63(58,59)37-22-39(47)42(40(23-37)54(56)57)49-26-36-28-60-18-19-61-36/h2-8,10,13,20-23,25,32,36,49H,1,9,11-12,14-19,24,26-28H2,(H,48,50)(H,51,55). The summed E-state index contributed by atoms with van der Waals surface area (Å²) in [5.74, 6) is -1.30. The Morgan fingerprint density at radius 3 is 2.63 bits per heavy atom. The van der Waals surface area contributed by atoms with E-state index in [0.717, 1.165) is 61.7 Å². The fraction of sp³-hybridized carbons (Fsp3) is 0.378. The van der Waals surface area contributed by atoms with Gasteiger partial charge < -0.3 is 29.4 Å². The number of halogens is 2. The molecule has 1 saturated carbocycles. The van der Waals surface area contributed by atoms with Crippen LogP contribution in [0.25, 0.3) is 16.6 Å². The van der Waals surface area contributed by atoms with Crippen molar-refractivity contribution in [2.45, 2.75) is 43.1 Å². The van der Waals surface area contributed by atoms with Crippen molar-refractivity contribution >= 4 is 61.2 Å². The molecule has 4 aliphatic rings. The van der Waals surface area contributed by atoms with Gasteiger partial charge in [-0.1, -0.05) is 29.8 Å². The van der Waals surface area contributed by atoms with Crippen LogP contribution in [0.3, 0.4) is 0 Å². The lowest BCUT2D eigenvalue weighted by Gasteiger charge is -2.54. The Bertz CT molecular complexity index is 2670. The van der Waals surface area contributed by atoms with Gasteiger partial charge in [0, 0.05) is 73.7 Å². The van der Waals surface area contributed by atoms with Gasteiger partial charge in [0.25, 0.3) is 21.6 Å². The highest BCUT2D eigenvalue weighted by atomic mass is 35.5. The quantitative estimate of drug-likeness (QED) is 0.0773. The molecule has 2 saturated heterocycles. The highest BCUT2D eigenvalue weighted by Gasteiger charge is 2.48. The van der Waals surface area contributed by atoms with E-state index in [4.69, 9.17) is 25.8 Å². The van der Waals surface area contributed by atoms with Crippen molar-refractivity contribution in [3.8, 4) is 11.5 Å². The van der Waals surface area contributed by atoms with Gasteiger partial charge in [-0.2, -0.15) is 0 Å². The highest BCUT2D eigenvalue weighted by Crippen LogP contribution is 2.57. The highest BCUT2D eigenvalue weighted by molar-refractivity contribution is 7.90. The summed E-state index contributed by atoms with van der Waals surface area (Å²) in [4.78, 5) is 36.4. The zero-order valence-electron chi connectivity index (χ0n) is 34.4. The molecule has 2 aliphatic carbocycles. The molecule has 18 heteroatoms. The summed E-state index contributed by atoms with van der Waals surface area (Å²) in [7, 11) is -4.84. The Kier molecular flexibility index (Phi) is 12.1. The SMILES string of the molecule is O=C(NS(=O)(=O)c1cc(F)c(NCC2COCCO2)c([N+](=O)[O-])c1)c1ccc(N2CCN(CC3CCC34CCC=C(c3ccc(Cl)cc3)C4)CC2)cc1Oc1cnc2[nH]ccc2c1. The number of carbonyl (C=O) groups excluding carboxylic acids is 1. The lowest BCUT2D eigenvalue weighted by atomic mass is 9.53. The molecule has 0 radical (unpaired) electrons. The summed E-state index contributed by atoms with van der Waals surface area (Å²) in [6.07, 6.45) is 11.0. The zero-order valence-corrected chi connectivity index (χ0v) is 35.9. The van der Waals surface area contributed by atoms with Crippen LogP contribution >= 0.6 is 11.6 Å². The molecule has 15 nitrogen and oxygen atoms in total. The summed E-state index contributed by atoms with van der Waals surface area (Å²) in [6, 6.07) is 17.9. The maximum absolute atomic E-state index is 15.4. The van der Waals surface area contributed by atoms with Crippen LogP contribution in [0.2, 0.25) is 5.02 Å². The minimum atomic E-state index is -4.84. The normalized spacial score (nSPS) is 21.7. The van der Waals surface area contributed by atoms with Crippen LogP contribution in [-0.4, -0.2) is 99.3 Å². The molecule has 1 amide bonds. The summed E-state index contributed by atoms with van der Waals surface area (Å²) in [6.45, 7) is 5.07. The number of nitro groups is 1. The number of nitro benzene ring substituents is 1. The van der Waals surface area contributed by atoms with Crippen LogP contribution in [-0.2, 0) is 19.5 Å². The molecule has 330 valence electrons. The molecular formula is C45H47ClFN7O8S. The van der Waals surface area contributed by atoms with E-state index in [2.05, 4.69) is 43.3 Å². The van der Waals surface area contributed by atoms with Crippen LogP contribution in [0.1, 0.15) is 48.0 Å². The third-order valence-electron chi connectivity index (χ3n) is 12.8. The lowest BCUT2D eigenvalue weighted by Crippen LogP contribution is -2.52. The van der Waals surface area contributed by atoms with Crippen LogP contribution in [0.15, 0.2) is 90.1 Å². The Balaban J connectivity index is 0.901. The number of amides is 1. The van der Waals surface area contributed by atoms with Crippen molar-refractivity contribution in [1.29, 1.82) is 0 Å². The first-order valence-corrected chi connectivity index (χ1v) is 22.9. The van der Waals surface area contributed by atoms with Gasteiger partial charge >= 0.3 is 0 Å². The van der Waals surface area contributed by atoms with Crippen LogP contribution in [0, 0.1) is 27.3 Å². The molecule has 0 bridgehead atoms. The predicted molar refractivity (Wildman–Crippen MR) is 236 cm³/mol. The molecule has 3 aromatic carbocycles. The molecule has 3 unspecified atom stereocenters. The van der Waals surface area contributed by atoms with Gasteiger partial charge in [0.15, 0.2) is 5.82 Å². The molecule has 1 spiro atoms. The number of aromatic amines is 1. The van der Waals surface area contributed by atoms with Gasteiger partial charge in [0.05, 0.1) is 47.5 Å². The van der Waals surface area contributed by atoms with Gasteiger partial charge in [-0.25, -0.2) is 22.5 Å². The largest absolute Gasteiger partial charge is 0.455 e. The Hall–Kier alpha value is -5.59. The van der Waals surface area contributed by atoms with Gasteiger partial charge in [0.2, 0.25) is 0 Å². The number of allylic oxidation sites excluding steroid dienone is 2. The maximum atomic E-state index is 15.4.